The third kappa shape index (κ3) is 3.30. The van der Waals surface area contributed by atoms with Gasteiger partial charge in [-0.25, -0.2) is 0 Å². The molecular formula is C15H19BrClN. The van der Waals surface area contributed by atoms with Crippen molar-refractivity contribution in [1.82, 2.24) is 4.57 Å². The molecule has 0 N–H and O–H groups in total. The van der Waals surface area contributed by atoms with Crippen molar-refractivity contribution >= 4 is 38.4 Å². The second kappa shape index (κ2) is 6.63. The van der Waals surface area contributed by atoms with Gasteiger partial charge in [0.05, 0.1) is 0 Å². The summed E-state index contributed by atoms with van der Waals surface area (Å²) < 4.78 is 2.29. The van der Waals surface area contributed by atoms with Crippen LogP contribution < -0.4 is 0 Å². The highest BCUT2D eigenvalue weighted by Crippen LogP contribution is 2.23. The lowest BCUT2D eigenvalue weighted by molar-refractivity contribution is 0.655. The van der Waals surface area contributed by atoms with Crippen LogP contribution in [-0.4, -0.2) is 9.90 Å². The molecule has 0 atom stereocenters. The molecule has 0 spiro atoms. The van der Waals surface area contributed by atoms with E-state index in [1.54, 1.807) is 0 Å². The number of halogens is 2. The summed E-state index contributed by atoms with van der Waals surface area (Å²) in [5, 5.41) is 3.19. The average molecular weight is 329 g/mol. The second-order valence-corrected chi connectivity index (χ2v) is 5.98. The van der Waals surface area contributed by atoms with Crippen molar-refractivity contribution in [3.63, 3.8) is 0 Å². The first kappa shape index (κ1) is 14.0. The minimum atomic E-state index is 0.817. The Bertz CT molecular complexity index is 518. The number of benzene rings is 1. The minimum Gasteiger partial charge on any atom is -0.348 e. The molecule has 0 aliphatic rings. The molecule has 0 saturated heterocycles. The number of alkyl halides is 1. The highest BCUT2D eigenvalue weighted by molar-refractivity contribution is 9.09. The maximum Gasteiger partial charge on any atom is 0.0480 e. The monoisotopic (exact) mass is 327 g/mol. The summed E-state index contributed by atoms with van der Waals surface area (Å²) in [5.41, 5.74) is 2.68. The average Bonchev–Trinajstić information content (AvgIpc) is 2.65. The number of hydrogen-bond donors (Lipinski definition) is 0. The van der Waals surface area contributed by atoms with Crippen LogP contribution in [-0.2, 0) is 13.5 Å². The molecule has 0 fully saturated rings. The van der Waals surface area contributed by atoms with Crippen LogP contribution in [0.15, 0.2) is 24.3 Å². The van der Waals surface area contributed by atoms with E-state index >= 15 is 0 Å². The molecule has 98 valence electrons. The summed E-state index contributed by atoms with van der Waals surface area (Å²) in [7, 11) is 2.14. The van der Waals surface area contributed by atoms with Crippen LogP contribution in [0, 0.1) is 0 Å². The van der Waals surface area contributed by atoms with Gasteiger partial charge in [0.15, 0.2) is 0 Å². The molecular weight excluding hydrogens is 310 g/mol. The lowest BCUT2D eigenvalue weighted by atomic mass is 10.1. The molecule has 1 aromatic carbocycles. The predicted molar refractivity (Wildman–Crippen MR) is 83.9 cm³/mol. The summed E-state index contributed by atoms with van der Waals surface area (Å²) >= 11 is 9.50. The Labute approximate surface area is 122 Å². The summed E-state index contributed by atoms with van der Waals surface area (Å²) in [4.78, 5) is 0. The Morgan fingerprint density at radius 3 is 2.67 bits per heavy atom. The van der Waals surface area contributed by atoms with E-state index < -0.39 is 0 Å². The molecule has 0 amide bonds. The van der Waals surface area contributed by atoms with Crippen molar-refractivity contribution in [2.75, 3.05) is 5.33 Å². The van der Waals surface area contributed by atoms with Gasteiger partial charge < -0.3 is 4.57 Å². The molecule has 0 radical (unpaired) electrons. The van der Waals surface area contributed by atoms with Gasteiger partial charge in [-0.05, 0) is 43.5 Å². The molecule has 2 aromatic rings. The summed E-state index contributed by atoms with van der Waals surface area (Å²) in [6.45, 7) is 0. The molecule has 0 unspecified atom stereocenters. The molecule has 1 heterocycles. The topological polar surface area (TPSA) is 4.93 Å². The van der Waals surface area contributed by atoms with Gasteiger partial charge in [0.1, 0.15) is 0 Å². The third-order valence-corrected chi connectivity index (χ3v) is 4.22. The van der Waals surface area contributed by atoms with Gasteiger partial charge in [0.2, 0.25) is 0 Å². The fraction of sp³-hybridized carbons (Fsp3) is 0.467. The van der Waals surface area contributed by atoms with Crippen LogP contribution >= 0.6 is 27.5 Å². The summed E-state index contributed by atoms with van der Waals surface area (Å²) in [5.74, 6) is 0. The molecule has 18 heavy (non-hydrogen) atoms. The Kier molecular flexibility index (Phi) is 5.13. The molecule has 2 rings (SSSR count). The number of aryl methyl sites for hydroxylation is 2. The van der Waals surface area contributed by atoms with E-state index in [1.165, 1.54) is 42.3 Å². The van der Waals surface area contributed by atoms with E-state index in [0.717, 1.165) is 16.8 Å². The smallest absolute Gasteiger partial charge is 0.0480 e. The van der Waals surface area contributed by atoms with Crippen molar-refractivity contribution in [2.45, 2.75) is 32.1 Å². The zero-order valence-corrected chi connectivity index (χ0v) is 13.1. The van der Waals surface area contributed by atoms with Gasteiger partial charge in [-0.2, -0.15) is 0 Å². The first-order valence-electron chi connectivity index (χ1n) is 6.52. The zero-order valence-electron chi connectivity index (χ0n) is 10.8. The fourth-order valence-electron chi connectivity index (χ4n) is 2.37. The summed E-state index contributed by atoms with van der Waals surface area (Å²) in [6.07, 6.45) is 6.34. The van der Waals surface area contributed by atoms with E-state index in [4.69, 9.17) is 11.6 Å². The van der Waals surface area contributed by atoms with Crippen molar-refractivity contribution in [1.29, 1.82) is 0 Å². The van der Waals surface area contributed by atoms with Gasteiger partial charge in [0.25, 0.3) is 0 Å². The molecule has 0 aliphatic heterocycles. The largest absolute Gasteiger partial charge is 0.348 e. The molecule has 3 heteroatoms. The zero-order chi connectivity index (χ0) is 13.0. The van der Waals surface area contributed by atoms with Gasteiger partial charge >= 0.3 is 0 Å². The minimum absolute atomic E-state index is 0.817. The number of aromatic nitrogens is 1. The number of unbranched alkanes of at least 4 members (excludes halogenated alkanes) is 3. The van der Waals surface area contributed by atoms with Crippen LogP contribution in [0.25, 0.3) is 10.9 Å². The van der Waals surface area contributed by atoms with Crippen molar-refractivity contribution in [3.05, 3.63) is 35.0 Å². The maximum atomic E-state index is 6.03. The normalized spacial score (nSPS) is 11.3. The van der Waals surface area contributed by atoms with Crippen LogP contribution in [0.5, 0.6) is 0 Å². The van der Waals surface area contributed by atoms with E-state index in [0.29, 0.717) is 0 Å². The number of rotatable bonds is 6. The van der Waals surface area contributed by atoms with Crippen LogP contribution in [0.3, 0.4) is 0 Å². The molecule has 0 bridgehead atoms. The van der Waals surface area contributed by atoms with Crippen LogP contribution in [0.4, 0.5) is 0 Å². The fourth-order valence-corrected chi connectivity index (χ4v) is 2.95. The van der Waals surface area contributed by atoms with E-state index in [1.807, 2.05) is 12.1 Å². The van der Waals surface area contributed by atoms with Gasteiger partial charge in [0, 0.05) is 34.0 Å². The number of hydrogen-bond acceptors (Lipinski definition) is 0. The standard InChI is InChI=1S/C15H19BrClN/c1-18-14(6-4-2-3-5-9-16)11-12-10-13(17)7-8-15(12)18/h7-8,10-11H,2-6,9H2,1H3. The Balaban J connectivity index is 2.02. The van der Waals surface area contributed by atoms with Crippen LogP contribution in [0.2, 0.25) is 5.02 Å². The lowest BCUT2D eigenvalue weighted by Gasteiger charge is -2.04. The molecule has 0 saturated carbocycles. The summed E-state index contributed by atoms with van der Waals surface area (Å²) in [6, 6.07) is 8.38. The highest BCUT2D eigenvalue weighted by atomic mass is 79.9. The SMILES string of the molecule is Cn1c(CCCCCCBr)cc2cc(Cl)ccc21. The van der Waals surface area contributed by atoms with Crippen LogP contribution in [0.1, 0.15) is 31.4 Å². The maximum absolute atomic E-state index is 6.03. The predicted octanol–water partition coefficient (Wildman–Crippen LogP) is 5.33. The second-order valence-electron chi connectivity index (χ2n) is 4.75. The number of nitrogens with zero attached hydrogens (tertiary/aromatic N) is 1. The van der Waals surface area contributed by atoms with Gasteiger partial charge in [-0.1, -0.05) is 40.4 Å². The lowest BCUT2D eigenvalue weighted by Crippen LogP contribution is -1.96. The first-order valence-corrected chi connectivity index (χ1v) is 8.02. The molecule has 0 aliphatic carbocycles. The van der Waals surface area contributed by atoms with Gasteiger partial charge in [-0.3, -0.25) is 0 Å². The molecule has 1 nitrogen and oxygen atoms in total. The van der Waals surface area contributed by atoms with Crippen molar-refractivity contribution in [2.24, 2.45) is 7.05 Å². The third-order valence-electron chi connectivity index (χ3n) is 3.42. The quantitative estimate of drug-likeness (QED) is 0.499. The van der Waals surface area contributed by atoms with E-state index in [2.05, 4.69) is 39.7 Å². The van der Waals surface area contributed by atoms with Crippen molar-refractivity contribution < 1.29 is 0 Å². The Hall–Kier alpha value is -0.470. The Morgan fingerprint density at radius 2 is 1.89 bits per heavy atom. The van der Waals surface area contributed by atoms with E-state index in [9.17, 15) is 0 Å². The number of fused-ring (bicyclic) bond motifs is 1. The Morgan fingerprint density at radius 1 is 1.11 bits per heavy atom. The van der Waals surface area contributed by atoms with E-state index in [-0.39, 0.29) is 0 Å². The van der Waals surface area contributed by atoms with Gasteiger partial charge in [-0.15, -0.1) is 0 Å². The van der Waals surface area contributed by atoms with Crippen molar-refractivity contribution in [3.8, 4) is 0 Å². The molecule has 1 aromatic heterocycles. The highest BCUT2D eigenvalue weighted by Gasteiger charge is 2.05. The first-order chi connectivity index (χ1) is 8.72.